The molecule has 0 amide bonds. The molecule has 32 heteroatoms. The topological polar surface area (TPSA) is 426 Å². The Kier molecular flexibility index (Phi) is 30.6. The monoisotopic (exact) mass is 1890 g/mol. The molecule has 0 aromatic heterocycles. The maximum absolute atomic E-state index is 12.5. The van der Waals surface area contributed by atoms with E-state index in [9.17, 15) is 75.0 Å². The van der Waals surface area contributed by atoms with Gasteiger partial charge in [0.1, 0.15) is 59.0 Å². The van der Waals surface area contributed by atoms with E-state index in [1.54, 1.807) is 27.7 Å². The first-order valence-corrected chi connectivity index (χ1v) is 51.6. The van der Waals surface area contributed by atoms with Crippen LogP contribution in [0.4, 0.5) is 0 Å². The van der Waals surface area contributed by atoms with E-state index < -0.39 is 149 Å². The molecule has 0 aromatic carbocycles. The van der Waals surface area contributed by atoms with Crippen LogP contribution in [0.25, 0.3) is 0 Å². The minimum Gasteiger partial charge on any atom is -0.467 e. The van der Waals surface area contributed by atoms with Crippen LogP contribution in [0, 0.1) is 111 Å². The van der Waals surface area contributed by atoms with Gasteiger partial charge in [-0.1, -0.05) is 40.5 Å². The molecule has 20 bridgehead atoms. The second-order valence-corrected chi connectivity index (χ2v) is 50.3. The molecule has 0 spiro atoms. The van der Waals surface area contributed by atoms with Crippen LogP contribution in [-0.4, -0.2) is 198 Å². The van der Waals surface area contributed by atoms with Gasteiger partial charge in [0.2, 0.25) is 0 Å². The standard InChI is InChI=1S/C17H28O2.C16H26O3.C15H22O7S.C15H22O2.C14H20O3.C13H16O7S.C10H18N2O4/c1-5-16(2,3)15(18)19-17(4)13-7-11-6-12(9-13)10-14(17)8-11;1-4-14(2,3)13(17)19-16-8-11-5-12(9-16)7-15(18,6-11)10-16;1-4-15(2,3)14(17)20-7-11(16)21-12-8-5-9-10(6-8)23(18,19)22-13(9)12;1-9(2)14(16)17-15(3)12-5-10-4-11(7-12)8-13(15)6-10;1-9(2)12(15)17-14-6-10-3-11(7-14)5-13(16,4-10)8-14;1-6(2)13(15)18-5-10(14)19-11-7-3-8-9(4-7)21(16,17)20-12(8)11;1-9(2,7(14)6-13)11-12-10(3,4)8(15)16-5/h11-14H,5-10H2,1-4H3;11-12,18H,4-10H2,1-3H3;8-10,12-13H,4-7H2,1-3H3;10-13H,1,4-8H2,2-3H3;10-11,16H,1,3-8H2,2H3;7-9,11-12H,1,3-5H2,2H3;13H,6H2,1-5H3. The van der Waals surface area contributed by atoms with Gasteiger partial charge in [-0.05, 0) is 348 Å². The van der Waals surface area contributed by atoms with Crippen molar-refractivity contribution < 1.29 is 131 Å². The first kappa shape index (κ1) is 104. The smallest absolute Gasteiger partial charge is 0.344 e. The highest BCUT2D eigenvalue weighted by Crippen LogP contribution is 2.65. The van der Waals surface area contributed by atoms with Crippen molar-refractivity contribution in [1.29, 1.82) is 0 Å². The van der Waals surface area contributed by atoms with Crippen LogP contribution in [0.1, 0.15) is 311 Å². The molecule has 2 aliphatic heterocycles. The van der Waals surface area contributed by atoms with Gasteiger partial charge in [-0.15, -0.1) is 0 Å². The number of esters is 9. The first-order chi connectivity index (χ1) is 61.1. The summed E-state index contributed by atoms with van der Waals surface area (Å²) in [5.74, 6) is 4.13. The van der Waals surface area contributed by atoms with Gasteiger partial charge in [0, 0.05) is 53.2 Å². The fraction of sp³-hybridized carbons (Fsp3) is 0.840. The van der Waals surface area contributed by atoms with Gasteiger partial charge >= 0.3 is 53.7 Å². The molecular formula is C100H152N2O28S2. The molecule has 22 fully saturated rings. The Morgan fingerprint density at radius 1 is 0.409 bits per heavy atom. The van der Waals surface area contributed by atoms with Crippen LogP contribution in [0.2, 0.25) is 0 Å². The number of carbonyl (C=O) groups is 10. The number of azo groups is 1. The van der Waals surface area contributed by atoms with Gasteiger partial charge in [0.25, 0.3) is 20.2 Å². The van der Waals surface area contributed by atoms with Crippen molar-refractivity contribution >= 4 is 79.7 Å². The number of nitrogens with zero attached hydrogens (tertiary/aromatic N) is 2. The van der Waals surface area contributed by atoms with Crippen LogP contribution < -0.4 is 0 Å². The molecule has 20 saturated carbocycles. The van der Waals surface area contributed by atoms with Gasteiger partial charge in [-0.2, -0.15) is 27.1 Å². The number of hydrogen-bond acceptors (Lipinski definition) is 30. The fourth-order valence-electron chi connectivity index (χ4n) is 26.6. The Morgan fingerprint density at radius 3 is 1.08 bits per heavy atom. The van der Waals surface area contributed by atoms with Crippen LogP contribution in [0.3, 0.4) is 0 Å². The lowest BCUT2D eigenvalue weighted by Crippen LogP contribution is -2.61. The number of rotatable bonds is 24. The number of fused-ring (bicyclic) bond motifs is 2. The molecule has 0 radical (unpaired) electrons. The highest BCUT2D eigenvalue weighted by Gasteiger charge is 2.69. The fourth-order valence-corrected chi connectivity index (χ4v) is 30.3. The van der Waals surface area contributed by atoms with Gasteiger partial charge < -0.3 is 58.0 Å². The van der Waals surface area contributed by atoms with Crippen molar-refractivity contribution in [3.63, 3.8) is 0 Å². The molecule has 2 heterocycles. The minimum atomic E-state index is -3.53. The molecule has 22 aliphatic rings. The SMILES string of the molecule is C=C(C)C(=O)OC1(C)C2CC3CC(C2)CC1C3.C=C(C)C(=O)OC12CC3CC(CC(O)(C3)C1)C2.C=C(C)C(=O)OCC(=O)OC1C2CC3C1OS(=O)(=O)C3C2.CCC(C)(C)C(=O)OC1(C)C2CC3CC(C2)CC1C3.CCC(C)(C)C(=O)OC12CC3CC(CC(O)(C3)C1)C2.CCC(C)(C)C(=O)OCC(=O)OC1C2CC3C1OS(=O)(=O)C3C2.COC(=O)C(C)(C)N=NC(C)(C)C(=O)CO. The average molecular weight is 1890 g/mol. The Hall–Kier alpha value is -6.58. The quantitative estimate of drug-likeness (QED) is 0.0266. The summed E-state index contributed by atoms with van der Waals surface area (Å²) >= 11 is 0. The van der Waals surface area contributed by atoms with E-state index in [0.29, 0.717) is 103 Å². The molecule has 2 saturated heterocycles. The third kappa shape index (κ3) is 22.4. The van der Waals surface area contributed by atoms with Gasteiger partial charge in [0.15, 0.2) is 24.5 Å². The number of methoxy groups -OCH3 is 1. The highest BCUT2D eigenvalue weighted by atomic mass is 32.2. The molecular weight excluding hydrogens is 1740 g/mol. The van der Waals surface area contributed by atoms with E-state index in [1.807, 2.05) is 41.5 Å². The summed E-state index contributed by atoms with van der Waals surface area (Å²) in [6.45, 7) is 41.9. The predicted octanol–water partition coefficient (Wildman–Crippen LogP) is 14.6. The lowest BCUT2D eigenvalue weighted by atomic mass is 9.50. The molecule has 132 heavy (non-hydrogen) atoms. The number of aliphatic hydroxyl groups excluding tert-OH is 1. The number of hydrogen-bond donors (Lipinski definition) is 3. The molecule has 22 rings (SSSR count). The van der Waals surface area contributed by atoms with Crippen LogP contribution in [0.15, 0.2) is 46.7 Å². The summed E-state index contributed by atoms with van der Waals surface area (Å²) in [5.41, 5.74) is -4.75. The van der Waals surface area contributed by atoms with E-state index >= 15 is 0 Å². The Labute approximate surface area is 781 Å². The van der Waals surface area contributed by atoms with Crippen molar-refractivity contribution in [2.45, 2.75) is 390 Å². The summed E-state index contributed by atoms with van der Waals surface area (Å²) in [6.07, 6.45) is 26.6. The van der Waals surface area contributed by atoms with E-state index in [0.717, 1.165) is 87.9 Å². The van der Waals surface area contributed by atoms with E-state index in [2.05, 4.69) is 55.5 Å². The van der Waals surface area contributed by atoms with Crippen LogP contribution >= 0.6 is 0 Å². The molecule has 30 nitrogen and oxygen atoms in total. The van der Waals surface area contributed by atoms with Crippen LogP contribution in [0.5, 0.6) is 0 Å². The van der Waals surface area contributed by atoms with Gasteiger partial charge in [-0.25, -0.2) is 28.8 Å². The Balaban J connectivity index is 0.000000139. The normalized spacial score (nSPS) is 39.0. The summed E-state index contributed by atoms with van der Waals surface area (Å²) in [4.78, 5) is 118. The lowest BCUT2D eigenvalue weighted by Gasteiger charge is -2.59. The van der Waals surface area contributed by atoms with Gasteiger partial charge in [0.05, 0.1) is 45.1 Å². The molecule has 14 atom stereocenters. The average Bonchev–Trinajstić information content (AvgIpc) is 1.54. The van der Waals surface area contributed by atoms with E-state index in [1.165, 1.54) is 119 Å². The zero-order chi connectivity index (χ0) is 97.5. The second kappa shape index (κ2) is 38.7. The maximum atomic E-state index is 12.5. The molecule has 742 valence electrons. The molecule has 0 aromatic rings. The summed E-state index contributed by atoms with van der Waals surface area (Å²) in [5, 5.41) is 36.5. The van der Waals surface area contributed by atoms with Crippen LogP contribution in [-0.2, 0) is 119 Å². The highest BCUT2D eigenvalue weighted by molar-refractivity contribution is 7.88. The second-order valence-electron chi connectivity index (χ2n) is 46.8. The molecule has 20 aliphatic carbocycles. The van der Waals surface area contributed by atoms with E-state index in [-0.39, 0.29) is 75.3 Å². The Bertz CT molecular complexity index is 4570. The first-order valence-electron chi connectivity index (χ1n) is 48.7. The molecule has 3 N–H and O–H groups in total. The number of carbonyl (C=O) groups excluding carboxylic acids is 10. The summed E-state index contributed by atoms with van der Waals surface area (Å²) in [7, 11) is -5.80. The van der Waals surface area contributed by atoms with Crippen molar-refractivity contribution in [3.8, 4) is 0 Å². The number of ketones is 1. The number of ether oxygens (including phenoxy) is 9. The number of Topliss-reactive ketones (excluding diaryl/α,β-unsaturated/α-hetero) is 1. The van der Waals surface area contributed by atoms with E-state index in [4.69, 9.17) is 51.4 Å². The predicted molar refractivity (Wildman–Crippen MR) is 483 cm³/mol. The lowest BCUT2D eigenvalue weighted by molar-refractivity contribution is -0.225. The molecule has 14 unspecified atom stereocenters. The third-order valence-corrected chi connectivity index (χ3v) is 37.7. The van der Waals surface area contributed by atoms with Gasteiger partial charge in [-0.3, -0.25) is 27.5 Å². The van der Waals surface area contributed by atoms with Crippen molar-refractivity contribution in [1.82, 2.24) is 0 Å². The summed E-state index contributed by atoms with van der Waals surface area (Å²) < 4.78 is 106. The largest absolute Gasteiger partial charge is 0.467 e. The van der Waals surface area contributed by atoms with Crippen molar-refractivity contribution in [2.75, 3.05) is 26.9 Å². The zero-order valence-corrected chi connectivity index (χ0v) is 83.3. The minimum absolute atomic E-state index is 0.00284. The van der Waals surface area contributed by atoms with Crippen molar-refractivity contribution in [3.05, 3.63) is 36.5 Å². The Morgan fingerprint density at radius 2 is 0.735 bits per heavy atom. The summed E-state index contributed by atoms with van der Waals surface area (Å²) in [6, 6.07) is 0. The third-order valence-electron chi connectivity index (χ3n) is 34.1. The number of aliphatic hydroxyl groups is 3. The maximum Gasteiger partial charge on any atom is 0.344 e. The van der Waals surface area contributed by atoms with Crippen molar-refractivity contribution in [2.24, 2.45) is 121 Å². The zero-order valence-electron chi connectivity index (χ0n) is 81.7.